The second-order valence-electron chi connectivity index (χ2n) is 9.33. The number of nitrogens with zero attached hydrogens (tertiary/aromatic N) is 4. The summed E-state index contributed by atoms with van der Waals surface area (Å²) in [5.74, 6) is 0.456. The van der Waals surface area contributed by atoms with Gasteiger partial charge in [-0.25, -0.2) is 4.98 Å². The van der Waals surface area contributed by atoms with E-state index in [1.807, 2.05) is 50.2 Å². The van der Waals surface area contributed by atoms with Gasteiger partial charge in [-0.05, 0) is 42.8 Å². The Bertz CT molecular complexity index is 1850. The molecule has 1 amide bonds. The number of carbonyl (C=O) groups is 2. The van der Waals surface area contributed by atoms with Gasteiger partial charge in [-0.3, -0.25) is 24.7 Å². The van der Waals surface area contributed by atoms with Crippen LogP contribution in [0, 0.1) is 5.92 Å². The van der Waals surface area contributed by atoms with E-state index in [2.05, 4.69) is 30.5 Å². The molecule has 0 bridgehead atoms. The lowest BCUT2D eigenvalue weighted by Gasteiger charge is -2.09. The number of thiophene rings is 1. The summed E-state index contributed by atoms with van der Waals surface area (Å²) in [7, 11) is 0. The van der Waals surface area contributed by atoms with Gasteiger partial charge in [0.2, 0.25) is 5.91 Å². The number of hydrogen-bond acceptors (Lipinski definition) is 7. The molecule has 0 saturated heterocycles. The molecule has 0 unspecified atom stereocenters. The van der Waals surface area contributed by atoms with Gasteiger partial charge in [0.15, 0.2) is 11.6 Å². The summed E-state index contributed by atoms with van der Waals surface area (Å²) in [6.07, 6.45) is 6.90. The lowest BCUT2D eigenvalue weighted by Crippen LogP contribution is -2.17. The van der Waals surface area contributed by atoms with E-state index in [0.29, 0.717) is 22.1 Å². The Kier molecular flexibility index (Phi) is 5.80. The summed E-state index contributed by atoms with van der Waals surface area (Å²) < 4.78 is 0. The summed E-state index contributed by atoms with van der Waals surface area (Å²) >= 11 is 1.43. The lowest BCUT2D eigenvalue weighted by molar-refractivity contribution is -0.118. The quantitative estimate of drug-likeness (QED) is 0.228. The van der Waals surface area contributed by atoms with Crippen molar-refractivity contribution < 1.29 is 9.59 Å². The monoisotopic (exact) mass is 521 g/mol. The maximum absolute atomic E-state index is 12.1. The van der Waals surface area contributed by atoms with Crippen molar-refractivity contribution in [1.82, 2.24) is 30.1 Å². The van der Waals surface area contributed by atoms with Crippen molar-refractivity contribution in [2.24, 2.45) is 5.92 Å². The molecule has 1 aromatic carbocycles. The molecule has 0 aliphatic rings. The maximum atomic E-state index is 12.1. The first kappa shape index (κ1) is 23.7. The molecule has 188 valence electrons. The Morgan fingerprint density at radius 3 is 2.58 bits per heavy atom. The van der Waals surface area contributed by atoms with Crippen molar-refractivity contribution in [1.29, 1.82) is 0 Å². The number of H-pyrrole nitrogens is 2. The second-order valence-corrected chi connectivity index (χ2v) is 10.4. The Morgan fingerprint density at radius 2 is 1.79 bits per heavy atom. The number of carbonyl (C=O) groups excluding carboxylic acids is 2. The minimum atomic E-state index is -0.126. The molecule has 0 radical (unpaired) electrons. The largest absolute Gasteiger partial charge is 0.335 e. The van der Waals surface area contributed by atoms with Crippen LogP contribution in [0.25, 0.3) is 55.0 Å². The topological polar surface area (TPSA) is 129 Å². The third-order valence-electron chi connectivity index (χ3n) is 6.26. The van der Waals surface area contributed by atoms with E-state index in [1.54, 1.807) is 31.7 Å². The van der Waals surface area contributed by atoms with Crippen LogP contribution in [-0.4, -0.2) is 41.8 Å². The van der Waals surface area contributed by atoms with Crippen molar-refractivity contribution in [2.75, 3.05) is 5.32 Å². The van der Waals surface area contributed by atoms with Crippen molar-refractivity contribution >= 4 is 50.7 Å². The minimum Gasteiger partial charge on any atom is -0.335 e. The fourth-order valence-corrected chi connectivity index (χ4v) is 5.14. The van der Waals surface area contributed by atoms with Gasteiger partial charge in [-0.2, -0.15) is 5.10 Å². The van der Waals surface area contributed by atoms with Crippen LogP contribution in [0.1, 0.15) is 30.4 Å². The number of pyridine rings is 2. The average Bonchev–Trinajstić information content (AvgIpc) is 3.66. The Hall–Kier alpha value is -4.70. The second kappa shape index (κ2) is 9.31. The molecule has 5 aromatic heterocycles. The number of amides is 1. The number of hydrogen-bond donors (Lipinski definition) is 3. The first-order chi connectivity index (χ1) is 18.4. The number of nitrogens with one attached hydrogen (secondary N) is 3. The van der Waals surface area contributed by atoms with Gasteiger partial charge in [0, 0.05) is 39.7 Å². The highest BCUT2D eigenvalue weighted by atomic mass is 32.1. The number of aromatic amines is 2. The summed E-state index contributed by atoms with van der Waals surface area (Å²) in [5, 5.41) is 11.4. The Balaban J connectivity index is 1.40. The van der Waals surface area contributed by atoms with Crippen LogP contribution in [0.5, 0.6) is 0 Å². The number of fused-ring (bicyclic) bond motifs is 2. The summed E-state index contributed by atoms with van der Waals surface area (Å²) in [5.41, 5.74) is 6.39. The van der Waals surface area contributed by atoms with Crippen LogP contribution in [0.4, 0.5) is 5.69 Å². The van der Waals surface area contributed by atoms with E-state index >= 15 is 0 Å². The molecule has 0 aliphatic heterocycles. The average molecular weight is 522 g/mol. The fourth-order valence-electron chi connectivity index (χ4n) is 4.22. The number of Topliss-reactive ketones (excluding diaryl/α,β-unsaturated/α-hetero) is 1. The predicted octanol–water partition coefficient (Wildman–Crippen LogP) is 6.09. The first-order valence-corrected chi connectivity index (χ1v) is 12.9. The molecule has 0 saturated carbocycles. The molecule has 0 aliphatic carbocycles. The van der Waals surface area contributed by atoms with Crippen LogP contribution < -0.4 is 5.32 Å². The molecule has 5 heterocycles. The zero-order valence-electron chi connectivity index (χ0n) is 20.9. The zero-order chi connectivity index (χ0) is 26.4. The number of ketones is 1. The van der Waals surface area contributed by atoms with Gasteiger partial charge < -0.3 is 10.3 Å². The van der Waals surface area contributed by atoms with Crippen LogP contribution in [-0.2, 0) is 4.79 Å². The molecule has 0 spiro atoms. The van der Waals surface area contributed by atoms with Crippen LogP contribution >= 0.6 is 11.3 Å². The van der Waals surface area contributed by atoms with E-state index in [1.165, 1.54) is 11.3 Å². The fraction of sp³-hybridized carbons (Fsp3) is 0.143. The van der Waals surface area contributed by atoms with Crippen LogP contribution in [0.2, 0.25) is 0 Å². The van der Waals surface area contributed by atoms with Gasteiger partial charge in [0.25, 0.3) is 0 Å². The van der Waals surface area contributed by atoms with Crippen molar-refractivity contribution in [3.63, 3.8) is 0 Å². The molecule has 38 heavy (non-hydrogen) atoms. The van der Waals surface area contributed by atoms with Gasteiger partial charge in [-0.15, -0.1) is 11.3 Å². The predicted molar refractivity (Wildman–Crippen MR) is 149 cm³/mol. The summed E-state index contributed by atoms with van der Waals surface area (Å²) in [4.78, 5) is 42.5. The molecule has 9 nitrogen and oxygen atoms in total. The van der Waals surface area contributed by atoms with Gasteiger partial charge >= 0.3 is 0 Å². The number of imidazole rings is 1. The summed E-state index contributed by atoms with van der Waals surface area (Å²) in [6, 6.07) is 11.6. The number of rotatable bonds is 6. The van der Waals surface area contributed by atoms with Crippen molar-refractivity contribution in [3.05, 3.63) is 66.1 Å². The zero-order valence-corrected chi connectivity index (χ0v) is 21.7. The summed E-state index contributed by atoms with van der Waals surface area (Å²) in [6.45, 7) is 5.26. The Labute approximate surface area is 221 Å². The number of aromatic nitrogens is 6. The standard InChI is InChI=1S/C28H23N7O2S/c1-14(2)28(37)31-18-8-17(10-29-11-18)16-4-5-21-19(9-16)26(35-34-21)27-32-22-13-30-12-20(25(22)33-27)24-7-6-23(38-24)15(3)36/h4-14H,1-3H3,(H,31,37)(H,32,33)(H,34,35). The van der Waals surface area contributed by atoms with Crippen LogP contribution in [0.3, 0.4) is 0 Å². The first-order valence-electron chi connectivity index (χ1n) is 12.1. The SMILES string of the molecule is CC(=O)c1ccc(-c2cncc3[nH]c(-c4n[nH]c5ccc(-c6cncc(NC(=O)C(C)C)c6)cc45)nc23)s1. The van der Waals surface area contributed by atoms with E-state index in [4.69, 9.17) is 4.98 Å². The maximum Gasteiger partial charge on any atom is 0.226 e. The van der Waals surface area contributed by atoms with Crippen molar-refractivity contribution in [3.8, 4) is 33.1 Å². The van der Waals surface area contributed by atoms with E-state index in [9.17, 15) is 9.59 Å². The number of benzene rings is 1. The minimum absolute atomic E-state index is 0.0333. The van der Waals surface area contributed by atoms with Gasteiger partial charge in [-0.1, -0.05) is 19.9 Å². The molecule has 6 rings (SSSR count). The van der Waals surface area contributed by atoms with E-state index < -0.39 is 0 Å². The highest BCUT2D eigenvalue weighted by Gasteiger charge is 2.17. The normalized spacial score (nSPS) is 11.5. The molecular formula is C28H23N7O2S. The molecule has 3 N–H and O–H groups in total. The molecule has 10 heteroatoms. The third-order valence-corrected chi connectivity index (χ3v) is 7.48. The molecule has 0 fully saturated rings. The molecule has 0 atom stereocenters. The van der Waals surface area contributed by atoms with E-state index in [-0.39, 0.29) is 17.6 Å². The smallest absolute Gasteiger partial charge is 0.226 e. The van der Waals surface area contributed by atoms with Crippen LogP contribution in [0.15, 0.2) is 61.2 Å². The molecular weight excluding hydrogens is 498 g/mol. The van der Waals surface area contributed by atoms with Gasteiger partial charge in [0.05, 0.1) is 34.0 Å². The third kappa shape index (κ3) is 4.24. The highest BCUT2D eigenvalue weighted by molar-refractivity contribution is 7.17. The highest BCUT2D eigenvalue weighted by Crippen LogP contribution is 2.35. The Morgan fingerprint density at radius 1 is 0.947 bits per heavy atom. The number of anilines is 1. The molecule has 6 aromatic rings. The lowest BCUT2D eigenvalue weighted by atomic mass is 10.0. The van der Waals surface area contributed by atoms with Gasteiger partial charge in [0.1, 0.15) is 11.2 Å². The van der Waals surface area contributed by atoms with Crippen molar-refractivity contribution in [2.45, 2.75) is 20.8 Å². The van der Waals surface area contributed by atoms with E-state index in [0.717, 1.165) is 43.5 Å².